The number of nitrogens with zero attached hydrogens (tertiary/aromatic N) is 5. The number of benzene rings is 2. The first-order chi connectivity index (χ1) is 17.1. The SMILES string of the molecule is COC(=O)c1ccc(-c2cc(Nc3ncnc(Nc4cc(=O)n(-c5ccccc5)[nH]4)n3)n[nH]2)cc1. The molecule has 35 heavy (non-hydrogen) atoms. The van der Waals surface area contributed by atoms with Gasteiger partial charge in [0.25, 0.3) is 5.56 Å². The second kappa shape index (κ2) is 9.31. The maximum atomic E-state index is 12.3. The lowest BCUT2D eigenvalue weighted by Gasteiger charge is -2.05. The standard InChI is InChI=1S/C23H19N9O3/c1-35-21(34)15-9-7-14(8-10-15)17-11-18(30-29-17)26-22-24-13-25-23(28-22)27-19-12-20(33)32(31-19)16-5-3-2-4-6-16/h2-13,31H,1H3,(H3,24,25,26,27,28,29,30). The molecule has 174 valence electrons. The monoisotopic (exact) mass is 469 g/mol. The minimum absolute atomic E-state index is 0.227. The summed E-state index contributed by atoms with van der Waals surface area (Å²) < 4.78 is 6.12. The van der Waals surface area contributed by atoms with E-state index in [0.717, 1.165) is 11.3 Å². The average molecular weight is 469 g/mol. The van der Waals surface area contributed by atoms with Crippen molar-refractivity contribution < 1.29 is 9.53 Å². The number of methoxy groups -OCH3 is 1. The van der Waals surface area contributed by atoms with Gasteiger partial charge in [-0.25, -0.2) is 19.4 Å². The molecule has 0 aliphatic carbocycles. The fraction of sp³-hybridized carbons (Fsp3) is 0.0435. The Bertz CT molecular complexity index is 1520. The molecule has 3 heterocycles. The number of esters is 1. The highest BCUT2D eigenvalue weighted by molar-refractivity contribution is 5.89. The Balaban J connectivity index is 1.29. The molecule has 0 aliphatic heterocycles. The molecule has 3 aromatic heterocycles. The number of carbonyl (C=O) groups excluding carboxylic acids is 1. The Morgan fingerprint density at radius 3 is 2.46 bits per heavy atom. The van der Waals surface area contributed by atoms with Gasteiger partial charge >= 0.3 is 5.97 Å². The van der Waals surface area contributed by atoms with Crippen LogP contribution in [-0.4, -0.2) is 48.0 Å². The fourth-order valence-electron chi connectivity index (χ4n) is 3.32. The fourth-order valence-corrected chi connectivity index (χ4v) is 3.32. The molecule has 0 atom stereocenters. The molecule has 5 rings (SSSR count). The highest BCUT2D eigenvalue weighted by Crippen LogP contribution is 2.22. The molecule has 12 heteroatoms. The molecule has 0 amide bonds. The molecule has 0 spiro atoms. The van der Waals surface area contributed by atoms with Gasteiger partial charge in [-0.1, -0.05) is 30.3 Å². The number of anilines is 4. The van der Waals surface area contributed by atoms with Gasteiger partial charge in [-0.15, -0.1) is 0 Å². The van der Waals surface area contributed by atoms with E-state index in [1.807, 2.05) is 30.3 Å². The summed E-state index contributed by atoms with van der Waals surface area (Å²) in [7, 11) is 1.34. The first-order valence-electron chi connectivity index (χ1n) is 10.4. The molecule has 5 aromatic rings. The Hall–Kier alpha value is -5.26. The van der Waals surface area contributed by atoms with Gasteiger partial charge in [0.15, 0.2) is 5.82 Å². The normalized spacial score (nSPS) is 10.7. The Morgan fingerprint density at radius 2 is 1.71 bits per heavy atom. The topological polar surface area (TPSA) is 156 Å². The van der Waals surface area contributed by atoms with E-state index in [0.29, 0.717) is 22.9 Å². The molecule has 2 aromatic carbocycles. The summed E-state index contributed by atoms with van der Waals surface area (Å²) in [6.07, 6.45) is 1.34. The van der Waals surface area contributed by atoms with Crippen molar-refractivity contribution in [2.75, 3.05) is 17.7 Å². The second-order valence-electron chi connectivity index (χ2n) is 7.30. The van der Waals surface area contributed by atoms with E-state index in [9.17, 15) is 9.59 Å². The number of hydrogen-bond donors (Lipinski definition) is 4. The maximum Gasteiger partial charge on any atom is 0.337 e. The highest BCUT2D eigenvalue weighted by atomic mass is 16.5. The van der Waals surface area contributed by atoms with Gasteiger partial charge in [0.2, 0.25) is 11.9 Å². The van der Waals surface area contributed by atoms with Crippen molar-refractivity contribution in [1.82, 2.24) is 34.9 Å². The Morgan fingerprint density at radius 1 is 0.971 bits per heavy atom. The number of rotatable bonds is 7. The zero-order chi connectivity index (χ0) is 24.2. The molecule has 0 fully saturated rings. The van der Waals surface area contributed by atoms with Gasteiger partial charge in [-0.05, 0) is 29.8 Å². The number of para-hydroxylation sites is 1. The summed E-state index contributed by atoms with van der Waals surface area (Å²) in [6, 6.07) is 19.3. The van der Waals surface area contributed by atoms with Gasteiger partial charge in [0.05, 0.1) is 24.1 Å². The number of hydrogen-bond acceptors (Lipinski definition) is 9. The Kier molecular flexibility index (Phi) is 5.74. The average Bonchev–Trinajstić information content (AvgIpc) is 3.50. The van der Waals surface area contributed by atoms with Gasteiger partial charge in [0.1, 0.15) is 12.1 Å². The van der Waals surface area contributed by atoms with Crippen molar-refractivity contribution in [1.29, 1.82) is 0 Å². The molecule has 0 radical (unpaired) electrons. The third-order valence-electron chi connectivity index (χ3n) is 4.99. The molecule has 12 nitrogen and oxygen atoms in total. The summed E-state index contributed by atoms with van der Waals surface area (Å²) in [5, 5.41) is 16.1. The van der Waals surface area contributed by atoms with Crippen LogP contribution in [0.3, 0.4) is 0 Å². The number of nitrogens with one attached hydrogen (secondary N) is 4. The summed E-state index contributed by atoms with van der Waals surface area (Å²) in [6.45, 7) is 0. The smallest absolute Gasteiger partial charge is 0.337 e. The van der Waals surface area contributed by atoms with Gasteiger partial charge in [-0.3, -0.25) is 15.0 Å². The van der Waals surface area contributed by atoms with Gasteiger partial charge < -0.3 is 15.4 Å². The molecule has 0 saturated carbocycles. The summed E-state index contributed by atoms with van der Waals surface area (Å²) in [4.78, 5) is 36.4. The third kappa shape index (κ3) is 4.75. The predicted octanol–water partition coefficient (Wildman–Crippen LogP) is 3.01. The molecular weight excluding hydrogens is 450 g/mol. The van der Waals surface area contributed by atoms with Crippen LogP contribution in [0.2, 0.25) is 0 Å². The van der Waals surface area contributed by atoms with Crippen molar-refractivity contribution in [3.8, 4) is 16.9 Å². The lowest BCUT2D eigenvalue weighted by molar-refractivity contribution is 0.0600. The van der Waals surface area contributed by atoms with Crippen molar-refractivity contribution in [2.45, 2.75) is 0 Å². The van der Waals surface area contributed by atoms with Crippen molar-refractivity contribution in [3.63, 3.8) is 0 Å². The largest absolute Gasteiger partial charge is 0.465 e. The van der Waals surface area contributed by atoms with E-state index in [-0.39, 0.29) is 17.5 Å². The number of ether oxygens (including phenoxy) is 1. The third-order valence-corrected chi connectivity index (χ3v) is 4.99. The van der Waals surface area contributed by atoms with E-state index in [4.69, 9.17) is 4.74 Å². The quantitative estimate of drug-likeness (QED) is 0.263. The van der Waals surface area contributed by atoms with Crippen LogP contribution in [0.5, 0.6) is 0 Å². The van der Waals surface area contributed by atoms with E-state index < -0.39 is 5.97 Å². The van der Waals surface area contributed by atoms with E-state index in [1.165, 1.54) is 24.2 Å². The second-order valence-corrected chi connectivity index (χ2v) is 7.30. The van der Waals surface area contributed by atoms with Crippen LogP contribution in [0.1, 0.15) is 10.4 Å². The first kappa shape index (κ1) is 21.6. The van der Waals surface area contributed by atoms with Crippen molar-refractivity contribution in [2.24, 2.45) is 0 Å². The summed E-state index contributed by atoms with van der Waals surface area (Å²) in [5.41, 5.74) is 2.51. The summed E-state index contributed by atoms with van der Waals surface area (Å²) >= 11 is 0. The Labute approximate surface area is 198 Å². The van der Waals surface area contributed by atoms with Crippen LogP contribution in [-0.2, 0) is 4.74 Å². The lowest BCUT2D eigenvalue weighted by atomic mass is 10.1. The first-order valence-corrected chi connectivity index (χ1v) is 10.4. The predicted molar refractivity (Wildman–Crippen MR) is 128 cm³/mol. The van der Waals surface area contributed by atoms with Crippen LogP contribution in [0.25, 0.3) is 16.9 Å². The minimum Gasteiger partial charge on any atom is -0.465 e. The van der Waals surface area contributed by atoms with Crippen molar-refractivity contribution in [3.05, 3.63) is 89.0 Å². The van der Waals surface area contributed by atoms with E-state index in [2.05, 4.69) is 40.9 Å². The van der Waals surface area contributed by atoms with Crippen LogP contribution in [0.15, 0.2) is 77.9 Å². The van der Waals surface area contributed by atoms with Crippen molar-refractivity contribution >= 4 is 29.5 Å². The van der Waals surface area contributed by atoms with Gasteiger partial charge in [-0.2, -0.15) is 10.1 Å². The number of aromatic amines is 2. The van der Waals surface area contributed by atoms with E-state index >= 15 is 0 Å². The molecule has 0 aliphatic rings. The molecule has 0 unspecified atom stereocenters. The molecule has 0 saturated heterocycles. The maximum absolute atomic E-state index is 12.3. The number of H-pyrrole nitrogens is 2. The number of carbonyl (C=O) groups is 1. The highest BCUT2D eigenvalue weighted by Gasteiger charge is 2.10. The van der Waals surface area contributed by atoms with Crippen LogP contribution >= 0.6 is 0 Å². The molecule has 0 bridgehead atoms. The molecule has 4 N–H and O–H groups in total. The van der Waals surface area contributed by atoms with E-state index in [1.54, 1.807) is 30.3 Å². The number of aromatic nitrogens is 7. The van der Waals surface area contributed by atoms with Crippen LogP contribution in [0.4, 0.5) is 23.5 Å². The molecular formula is C23H19N9O3. The zero-order valence-corrected chi connectivity index (χ0v) is 18.4. The summed E-state index contributed by atoms with van der Waals surface area (Å²) in [5.74, 6) is 0.999. The zero-order valence-electron chi connectivity index (χ0n) is 18.4. The van der Waals surface area contributed by atoms with Gasteiger partial charge in [0, 0.05) is 12.1 Å². The van der Waals surface area contributed by atoms with Crippen LogP contribution in [0, 0.1) is 0 Å². The lowest BCUT2D eigenvalue weighted by Crippen LogP contribution is -2.12. The van der Waals surface area contributed by atoms with Crippen LogP contribution < -0.4 is 16.2 Å². The minimum atomic E-state index is -0.400.